The molecule has 4 rings (SSSR count). The number of carbonyl (C=O) groups is 1. The number of rotatable bonds is 7. The molecule has 0 saturated heterocycles. The van der Waals surface area contributed by atoms with Crippen molar-refractivity contribution in [3.63, 3.8) is 0 Å². The maximum Gasteiger partial charge on any atom is 0.220 e. The zero-order chi connectivity index (χ0) is 20.4. The number of nitrogens with two attached hydrogens (primary N) is 1. The van der Waals surface area contributed by atoms with E-state index in [9.17, 15) is 4.79 Å². The first kappa shape index (κ1) is 19.6. The zero-order valence-corrected chi connectivity index (χ0v) is 17.0. The smallest absolute Gasteiger partial charge is 0.220 e. The van der Waals surface area contributed by atoms with E-state index in [4.69, 9.17) is 15.2 Å². The summed E-state index contributed by atoms with van der Waals surface area (Å²) < 4.78 is 11.3. The lowest BCUT2D eigenvalue weighted by Gasteiger charge is -2.27. The minimum atomic E-state index is -0.188. The quantitative estimate of drug-likeness (QED) is 0.772. The molecule has 2 saturated carbocycles. The third-order valence-corrected chi connectivity index (χ3v) is 6.20. The Bertz CT molecular complexity index is 863. The van der Waals surface area contributed by atoms with Crippen molar-refractivity contribution >= 4 is 5.91 Å². The highest BCUT2D eigenvalue weighted by molar-refractivity contribution is 5.76. The number of aryl methyl sites for hydroxylation is 1. The van der Waals surface area contributed by atoms with Crippen molar-refractivity contribution < 1.29 is 14.3 Å². The highest BCUT2D eigenvalue weighted by Crippen LogP contribution is 2.47. The van der Waals surface area contributed by atoms with Crippen LogP contribution in [0.2, 0.25) is 0 Å². The molecule has 0 bridgehead atoms. The molecule has 29 heavy (non-hydrogen) atoms. The second kappa shape index (κ2) is 8.35. The van der Waals surface area contributed by atoms with E-state index in [2.05, 4.69) is 15.0 Å². The Morgan fingerprint density at radius 2 is 1.97 bits per heavy atom. The molecule has 0 aliphatic heterocycles. The minimum absolute atomic E-state index is 0.00814. The number of carbonyl (C=O) groups excluding carboxylic acids is 1. The number of pyridine rings is 1. The number of ether oxygens (including phenoxy) is 2. The van der Waals surface area contributed by atoms with Crippen LogP contribution in [0.4, 0.5) is 0 Å². The molecule has 7 nitrogen and oxygen atoms in total. The molecule has 2 aromatic heterocycles. The van der Waals surface area contributed by atoms with Gasteiger partial charge in [0, 0.05) is 35.2 Å². The Morgan fingerprint density at radius 1 is 1.17 bits per heavy atom. The van der Waals surface area contributed by atoms with Gasteiger partial charge in [-0.25, -0.2) is 4.98 Å². The van der Waals surface area contributed by atoms with E-state index in [-0.39, 0.29) is 11.8 Å². The van der Waals surface area contributed by atoms with Crippen molar-refractivity contribution in [2.75, 3.05) is 13.7 Å². The Hall–Kier alpha value is -2.70. The van der Waals surface area contributed by atoms with Gasteiger partial charge in [-0.05, 0) is 57.1 Å². The van der Waals surface area contributed by atoms with Crippen LogP contribution in [0.25, 0.3) is 0 Å². The number of methoxy groups -OCH3 is 1. The fraction of sp³-hybridized carbons (Fsp3) is 0.545. The summed E-state index contributed by atoms with van der Waals surface area (Å²) in [5, 5.41) is 0. The van der Waals surface area contributed by atoms with Gasteiger partial charge in [0.15, 0.2) is 0 Å². The summed E-state index contributed by atoms with van der Waals surface area (Å²) >= 11 is 0. The van der Waals surface area contributed by atoms with Gasteiger partial charge >= 0.3 is 0 Å². The van der Waals surface area contributed by atoms with Gasteiger partial charge in [0.25, 0.3) is 0 Å². The fourth-order valence-corrected chi connectivity index (χ4v) is 4.25. The second-order valence-corrected chi connectivity index (χ2v) is 8.16. The first-order valence-corrected chi connectivity index (χ1v) is 10.3. The topological polar surface area (TPSA) is 100 Å². The first-order chi connectivity index (χ1) is 14.0. The van der Waals surface area contributed by atoms with E-state index in [0.717, 1.165) is 49.1 Å². The number of primary amides is 1. The molecule has 1 amide bonds. The zero-order valence-electron chi connectivity index (χ0n) is 17.0. The number of aromatic nitrogens is 3. The van der Waals surface area contributed by atoms with Crippen LogP contribution in [-0.4, -0.2) is 34.6 Å². The van der Waals surface area contributed by atoms with Crippen molar-refractivity contribution in [2.24, 2.45) is 17.6 Å². The summed E-state index contributed by atoms with van der Waals surface area (Å²) in [7, 11) is 1.64. The van der Waals surface area contributed by atoms with E-state index in [1.807, 2.05) is 25.3 Å². The molecule has 0 aromatic carbocycles. The van der Waals surface area contributed by atoms with Crippen LogP contribution >= 0.6 is 0 Å². The van der Waals surface area contributed by atoms with Crippen molar-refractivity contribution in [1.82, 2.24) is 15.0 Å². The van der Waals surface area contributed by atoms with E-state index in [1.165, 1.54) is 0 Å². The van der Waals surface area contributed by atoms with Crippen molar-refractivity contribution in [3.05, 3.63) is 41.6 Å². The molecule has 7 heteroatoms. The summed E-state index contributed by atoms with van der Waals surface area (Å²) in [4.78, 5) is 24.9. The van der Waals surface area contributed by atoms with Gasteiger partial charge in [-0.15, -0.1) is 0 Å². The van der Waals surface area contributed by atoms with Gasteiger partial charge in [0.2, 0.25) is 11.8 Å². The summed E-state index contributed by atoms with van der Waals surface area (Å²) in [5.41, 5.74) is 7.61. The van der Waals surface area contributed by atoms with E-state index >= 15 is 0 Å². The molecule has 1 unspecified atom stereocenters. The molecule has 2 aromatic rings. The van der Waals surface area contributed by atoms with Crippen LogP contribution in [-0.2, 0) is 4.79 Å². The van der Waals surface area contributed by atoms with Gasteiger partial charge < -0.3 is 15.2 Å². The molecule has 2 aliphatic carbocycles. The number of hydrogen-bond donors (Lipinski definition) is 1. The number of amides is 1. The Balaban J connectivity index is 1.38. The second-order valence-electron chi connectivity index (χ2n) is 8.16. The van der Waals surface area contributed by atoms with Crippen LogP contribution in [0.5, 0.6) is 11.6 Å². The van der Waals surface area contributed by atoms with Gasteiger partial charge in [0.1, 0.15) is 11.6 Å². The lowest BCUT2D eigenvalue weighted by molar-refractivity contribution is -0.122. The molecule has 154 valence electrons. The molecule has 2 N–H and O–H groups in total. The van der Waals surface area contributed by atoms with Crippen LogP contribution < -0.4 is 15.2 Å². The summed E-state index contributed by atoms with van der Waals surface area (Å²) in [5.74, 6) is 3.17. The van der Waals surface area contributed by atoms with Crippen LogP contribution in [0.1, 0.15) is 61.0 Å². The largest absolute Gasteiger partial charge is 0.495 e. The number of nitrogens with zero attached hydrogens (tertiary/aromatic N) is 3. The molecule has 2 aliphatic rings. The summed E-state index contributed by atoms with van der Waals surface area (Å²) in [6.07, 6.45) is 8.20. The molecule has 0 radical (unpaired) electrons. The maximum absolute atomic E-state index is 11.4. The van der Waals surface area contributed by atoms with Gasteiger partial charge in [0.05, 0.1) is 19.9 Å². The molecular weight excluding hydrogens is 368 g/mol. The molecule has 2 fully saturated rings. The van der Waals surface area contributed by atoms with Crippen molar-refractivity contribution in [1.29, 1.82) is 0 Å². The first-order valence-electron chi connectivity index (χ1n) is 10.3. The fourth-order valence-electron chi connectivity index (χ4n) is 4.25. The molecule has 2 heterocycles. The van der Waals surface area contributed by atoms with Crippen LogP contribution in [0, 0.1) is 18.8 Å². The van der Waals surface area contributed by atoms with E-state index < -0.39 is 0 Å². The average Bonchev–Trinajstić information content (AvgIpc) is 3.52. The summed E-state index contributed by atoms with van der Waals surface area (Å²) in [6.45, 7) is 2.50. The standard InChI is InChI=1S/C22H28N4O3/c1-13-24-11-19(14-3-5-15(6-4-14)21(23)27)22(26-13)29-12-16-9-18(16)20-8-7-17(28-2)10-25-20/h7-8,10-11,14-16,18H,3-6,9,12H2,1-2H3,(H2,23,27)/t14?,15?,16?,18-/m1/s1. The maximum atomic E-state index is 11.4. The van der Waals surface area contributed by atoms with Gasteiger partial charge in [-0.2, -0.15) is 4.98 Å². The van der Waals surface area contributed by atoms with Crippen molar-refractivity contribution in [3.8, 4) is 11.6 Å². The van der Waals surface area contributed by atoms with Gasteiger partial charge in [-0.3, -0.25) is 9.78 Å². The predicted molar refractivity (Wildman–Crippen MR) is 108 cm³/mol. The van der Waals surface area contributed by atoms with Crippen LogP contribution in [0.3, 0.4) is 0 Å². The Morgan fingerprint density at radius 3 is 2.62 bits per heavy atom. The third-order valence-electron chi connectivity index (χ3n) is 6.20. The monoisotopic (exact) mass is 396 g/mol. The third kappa shape index (κ3) is 4.49. The normalized spacial score (nSPS) is 26.0. The summed E-state index contributed by atoms with van der Waals surface area (Å²) in [6, 6.07) is 3.98. The van der Waals surface area contributed by atoms with Crippen molar-refractivity contribution in [2.45, 2.75) is 50.9 Å². The van der Waals surface area contributed by atoms with Crippen LogP contribution in [0.15, 0.2) is 24.5 Å². The molecular formula is C22H28N4O3. The molecule has 2 atom stereocenters. The number of hydrogen-bond acceptors (Lipinski definition) is 6. The Kier molecular flexibility index (Phi) is 5.65. The van der Waals surface area contributed by atoms with Gasteiger partial charge in [-0.1, -0.05) is 0 Å². The Labute approximate surface area is 171 Å². The highest BCUT2D eigenvalue weighted by atomic mass is 16.5. The highest BCUT2D eigenvalue weighted by Gasteiger charge is 2.40. The molecule has 0 spiro atoms. The van der Waals surface area contributed by atoms with E-state index in [1.54, 1.807) is 13.3 Å². The van der Waals surface area contributed by atoms with E-state index in [0.29, 0.717) is 36.1 Å². The lowest BCUT2D eigenvalue weighted by atomic mass is 9.79. The average molecular weight is 396 g/mol. The lowest BCUT2D eigenvalue weighted by Crippen LogP contribution is -2.27. The predicted octanol–water partition coefficient (Wildman–Crippen LogP) is 3.13. The minimum Gasteiger partial charge on any atom is -0.495 e. The SMILES string of the molecule is COc1ccc([C@@H]2CC2COc2nc(C)ncc2C2CCC(C(N)=O)CC2)nc1.